The Morgan fingerprint density at radius 3 is 2.53 bits per heavy atom. The molecule has 1 aliphatic heterocycles. The maximum Gasteiger partial charge on any atom is 0.242 e. The van der Waals surface area contributed by atoms with Gasteiger partial charge in [0.2, 0.25) is 11.8 Å². The molecule has 0 saturated carbocycles. The number of benzene rings is 2. The highest BCUT2D eigenvalue weighted by molar-refractivity contribution is 8.15. The molecular formula is C24H27N3O2S. The fourth-order valence-electron chi connectivity index (χ4n) is 3.34. The third-order valence-electron chi connectivity index (χ3n) is 5.03. The molecule has 1 saturated heterocycles. The molecule has 1 atom stereocenters. The lowest BCUT2D eigenvalue weighted by molar-refractivity contribution is -0.127. The fourth-order valence-corrected chi connectivity index (χ4v) is 4.50. The summed E-state index contributed by atoms with van der Waals surface area (Å²) in [5.41, 5.74) is 5.79. The van der Waals surface area contributed by atoms with Crippen LogP contribution in [0.15, 0.2) is 54.0 Å². The van der Waals surface area contributed by atoms with Gasteiger partial charge in [-0.15, -0.1) is 6.58 Å². The highest BCUT2D eigenvalue weighted by Crippen LogP contribution is 2.33. The molecule has 3 rings (SSSR count). The van der Waals surface area contributed by atoms with E-state index in [0.717, 1.165) is 33.6 Å². The van der Waals surface area contributed by atoms with Crippen molar-refractivity contribution in [3.63, 3.8) is 0 Å². The number of amidine groups is 1. The first-order chi connectivity index (χ1) is 14.3. The highest BCUT2D eigenvalue weighted by atomic mass is 32.2. The van der Waals surface area contributed by atoms with E-state index in [1.54, 1.807) is 11.0 Å². The Bertz CT molecular complexity index is 1010. The zero-order valence-electron chi connectivity index (χ0n) is 17.9. The van der Waals surface area contributed by atoms with Crippen molar-refractivity contribution in [2.24, 2.45) is 4.99 Å². The van der Waals surface area contributed by atoms with Crippen LogP contribution in [0.1, 0.15) is 28.7 Å². The molecule has 0 bridgehead atoms. The van der Waals surface area contributed by atoms with Crippen LogP contribution in [0, 0.1) is 27.7 Å². The first-order valence-corrected chi connectivity index (χ1v) is 10.8. The van der Waals surface area contributed by atoms with Crippen molar-refractivity contribution in [3.05, 3.63) is 71.3 Å². The lowest BCUT2D eigenvalue weighted by Crippen LogP contribution is -2.33. The van der Waals surface area contributed by atoms with E-state index >= 15 is 0 Å². The van der Waals surface area contributed by atoms with Gasteiger partial charge in [-0.3, -0.25) is 14.5 Å². The van der Waals surface area contributed by atoms with Gasteiger partial charge >= 0.3 is 0 Å². The Morgan fingerprint density at radius 1 is 1.17 bits per heavy atom. The quantitative estimate of drug-likeness (QED) is 0.663. The second-order valence-electron chi connectivity index (χ2n) is 7.55. The SMILES string of the molecule is C=CCN1C(=O)[C@@H](CC(=O)Nc2c(C)cccc2C)SC1=Nc1cc(C)ccc1C. The summed E-state index contributed by atoms with van der Waals surface area (Å²) in [4.78, 5) is 32.0. The van der Waals surface area contributed by atoms with Gasteiger partial charge in [0.25, 0.3) is 0 Å². The number of thioether (sulfide) groups is 1. The molecule has 1 N–H and O–H groups in total. The molecule has 0 radical (unpaired) electrons. The minimum Gasteiger partial charge on any atom is -0.326 e. The van der Waals surface area contributed by atoms with E-state index in [1.807, 2.05) is 64.1 Å². The summed E-state index contributed by atoms with van der Waals surface area (Å²) in [6.07, 6.45) is 1.77. The van der Waals surface area contributed by atoms with Crippen molar-refractivity contribution in [3.8, 4) is 0 Å². The summed E-state index contributed by atoms with van der Waals surface area (Å²) in [6, 6.07) is 11.9. The number of nitrogens with one attached hydrogen (secondary N) is 1. The van der Waals surface area contributed by atoms with Crippen LogP contribution in [0.2, 0.25) is 0 Å². The van der Waals surface area contributed by atoms with Crippen LogP contribution in [-0.4, -0.2) is 33.7 Å². The molecular weight excluding hydrogens is 394 g/mol. The number of hydrogen-bond acceptors (Lipinski definition) is 4. The van der Waals surface area contributed by atoms with Crippen molar-refractivity contribution < 1.29 is 9.59 Å². The topological polar surface area (TPSA) is 61.8 Å². The lowest BCUT2D eigenvalue weighted by atomic mass is 10.1. The first-order valence-electron chi connectivity index (χ1n) is 9.91. The molecule has 5 nitrogen and oxygen atoms in total. The summed E-state index contributed by atoms with van der Waals surface area (Å²) in [5.74, 6) is -0.287. The predicted molar refractivity (Wildman–Crippen MR) is 125 cm³/mol. The average molecular weight is 422 g/mol. The minimum absolute atomic E-state index is 0.0940. The summed E-state index contributed by atoms with van der Waals surface area (Å²) in [5, 5.41) is 3.08. The molecule has 2 amide bonds. The molecule has 1 heterocycles. The number of rotatable bonds is 6. The predicted octanol–water partition coefficient (Wildman–Crippen LogP) is 5.07. The van der Waals surface area contributed by atoms with Crippen LogP contribution in [0.4, 0.5) is 11.4 Å². The number of amides is 2. The zero-order valence-corrected chi connectivity index (χ0v) is 18.7. The third kappa shape index (κ3) is 4.82. The molecule has 30 heavy (non-hydrogen) atoms. The van der Waals surface area contributed by atoms with Gasteiger partial charge in [0.15, 0.2) is 5.17 Å². The van der Waals surface area contributed by atoms with Crippen LogP contribution < -0.4 is 5.32 Å². The van der Waals surface area contributed by atoms with Crippen LogP contribution >= 0.6 is 11.8 Å². The van der Waals surface area contributed by atoms with Gasteiger partial charge in [-0.2, -0.15) is 0 Å². The number of anilines is 1. The third-order valence-corrected chi connectivity index (χ3v) is 6.20. The molecule has 156 valence electrons. The Kier molecular flexibility index (Phi) is 6.77. The number of carbonyl (C=O) groups is 2. The number of aryl methyl sites for hydroxylation is 4. The Morgan fingerprint density at radius 2 is 1.87 bits per heavy atom. The number of carbonyl (C=O) groups excluding carboxylic acids is 2. The Labute approximate surface area is 182 Å². The van der Waals surface area contributed by atoms with E-state index in [-0.39, 0.29) is 18.2 Å². The number of para-hydroxylation sites is 1. The van der Waals surface area contributed by atoms with Crippen molar-refractivity contribution in [1.29, 1.82) is 0 Å². The number of nitrogens with zero attached hydrogens (tertiary/aromatic N) is 2. The van der Waals surface area contributed by atoms with Gasteiger partial charge in [-0.1, -0.05) is 48.2 Å². The van der Waals surface area contributed by atoms with Crippen LogP contribution in [0.5, 0.6) is 0 Å². The second kappa shape index (κ2) is 9.30. The van der Waals surface area contributed by atoms with Gasteiger partial charge in [-0.05, 0) is 56.0 Å². The summed E-state index contributed by atoms with van der Waals surface area (Å²) < 4.78 is 0. The van der Waals surface area contributed by atoms with Crippen LogP contribution in [0.25, 0.3) is 0 Å². The Balaban J connectivity index is 1.80. The van der Waals surface area contributed by atoms with E-state index in [1.165, 1.54) is 11.8 Å². The molecule has 1 fully saturated rings. The van der Waals surface area contributed by atoms with Crippen LogP contribution in [-0.2, 0) is 9.59 Å². The summed E-state index contributed by atoms with van der Waals surface area (Å²) in [7, 11) is 0. The molecule has 0 spiro atoms. The number of aliphatic imine (C=N–C) groups is 1. The molecule has 1 aliphatic rings. The summed E-state index contributed by atoms with van der Waals surface area (Å²) >= 11 is 1.34. The molecule has 0 aliphatic carbocycles. The fraction of sp³-hybridized carbons (Fsp3) is 0.292. The molecule has 2 aromatic rings. The molecule has 0 unspecified atom stereocenters. The normalized spacial score (nSPS) is 17.5. The van der Waals surface area contributed by atoms with Gasteiger partial charge in [0, 0.05) is 18.7 Å². The van der Waals surface area contributed by atoms with Crippen molar-refractivity contribution in [2.45, 2.75) is 39.4 Å². The molecule has 0 aromatic heterocycles. The smallest absolute Gasteiger partial charge is 0.242 e. The van der Waals surface area contributed by atoms with E-state index in [2.05, 4.69) is 11.9 Å². The standard InChI is InChI=1S/C24H27N3O2S/c1-6-12-27-23(29)20(14-21(28)26-22-17(4)8-7-9-18(22)5)30-24(27)25-19-13-15(2)10-11-16(19)3/h6-11,13,20H,1,12,14H2,2-5H3,(H,26,28)/t20-/m1/s1. The minimum atomic E-state index is -0.502. The van der Waals surface area contributed by atoms with Crippen molar-refractivity contribution in [1.82, 2.24) is 4.90 Å². The first kappa shape index (κ1) is 21.8. The van der Waals surface area contributed by atoms with Gasteiger partial charge in [0.05, 0.1) is 5.69 Å². The van der Waals surface area contributed by atoms with E-state index in [0.29, 0.717) is 11.7 Å². The van der Waals surface area contributed by atoms with Crippen molar-refractivity contribution in [2.75, 3.05) is 11.9 Å². The van der Waals surface area contributed by atoms with E-state index in [9.17, 15) is 9.59 Å². The Hall–Kier alpha value is -2.86. The van der Waals surface area contributed by atoms with E-state index in [4.69, 9.17) is 4.99 Å². The molecule has 2 aromatic carbocycles. The average Bonchev–Trinajstić information content (AvgIpc) is 2.97. The second-order valence-corrected chi connectivity index (χ2v) is 8.72. The van der Waals surface area contributed by atoms with Gasteiger partial charge < -0.3 is 5.32 Å². The zero-order chi connectivity index (χ0) is 21.8. The molecule has 6 heteroatoms. The monoisotopic (exact) mass is 421 g/mol. The van der Waals surface area contributed by atoms with Gasteiger partial charge in [0.1, 0.15) is 5.25 Å². The summed E-state index contributed by atoms with van der Waals surface area (Å²) in [6.45, 7) is 12.0. The highest BCUT2D eigenvalue weighted by Gasteiger charge is 2.38. The largest absolute Gasteiger partial charge is 0.326 e. The maximum atomic E-state index is 13.0. The van der Waals surface area contributed by atoms with E-state index < -0.39 is 5.25 Å². The van der Waals surface area contributed by atoms with Crippen LogP contribution in [0.3, 0.4) is 0 Å². The van der Waals surface area contributed by atoms with Crippen molar-refractivity contribution >= 4 is 40.1 Å². The lowest BCUT2D eigenvalue weighted by Gasteiger charge is -2.15. The number of hydrogen-bond donors (Lipinski definition) is 1. The maximum absolute atomic E-state index is 13.0. The van der Waals surface area contributed by atoms with Gasteiger partial charge in [-0.25, -0.2) is 4.99 Å².